The van der Waals surface area contributed by atoms with E-state index in [9.17, 15) is 10.2 Å². The fourth-order valence-electron chi connectivity index (χ4n) is 9.55. The first-order valence-electron chi connectivity index (χ1n) is 13.5. The first-order chi connectivity index (χ1) is 14.8. The van der Waals surface area contributed by atoms with Crippen molar-refractivity contribution < 1.29 is 10.2 Å². The number of fused-ring (bicyclic) bond motifs is 4. The summed E-state index contributed by atoms with van der Waals surface area (Å²) in [5.41, 5.74) is 4.81. The Morgan fingerprint density at radius 1 is 1.03 bits per heavy atom. The molecule has 0 unspecified atom stereocenters. The molecule has 0 aromatic heterocycles. The first kappa shape index (κ1) is 24.5. The molecule has 4 aliphatic rings. The van der Waals surface area contributed by atoms with Gasteiger partial charge in [-0.2, -0.15) is 0 Å². The molecular weight excluding hydrogens is 392 g/mol. The zero-order valence-corrected chi connectivity index (χ0v) is 22.2. The number of aliphatic hydroxyl groups excluding tert-OH is 2. The van der Waals surface area contributed by atoms with Gasteiger partial charge in [0.15, 0.2) is 0 Å². The minimum Gasteiger partial charge on any atom is -0.393 e. The molecule has 2 N–H and O–H groups in total. The molecular formula is C30H50O2. The van der Waals surface area contributed by atoms with Crippen molar-refractivity contribution in [3.63, 3.8) is 0 Å². The standard InChI is InChI=1S/C30H50O2/c1-19(2)10-9-11-20(3)21-14-17-29(7)22-12-13-24-27(4,5)25(32)15-16-28(24,6)26(22)23(31)18-30(21,29)8/h10,20-21,23-25,31-32H,9,11-18H2,1-8H3/t20-,21+,23-,24-,25-,28-,29-,30+/m0/s1. The van der Waals surface area contributed by atoms with Gasteiger partial charge >= 0.3 is 0 Å². The molecule has 0 saturated heterocycles. The molecule has 0 aliphatic heterocycles. The highest BCUT2D eigenvalue weighted by Gasteiger charge is 2.65. The SMILES string of the molecule is CC(C)=CCC[C@H](C)[C@H]1CC[C@@]2(C)C3=C([C@@H](O)C[C@]12C)[C@@]1(C)CC[C@H](O)C(C)(C)[C@@H]1CC3. The Morgan fingerprint density at radius 3 is 2.38 bits per heavy atom. The van der Waals surface area contributed by atoms with Crippen LogP contribution in [0.2, 0.25) is 0 Å². The summed E-state index contributed by atoms with van der Waals surface area (Å²) < 4.78 is 0. The average Bonchev–Trinajstić information content (AvgIpc) is 2.96. The number of aliphatic hydroxyl groups is 2. The summed E-state index contributed by atoms with van der Waals surface area (Å²) in [6.45, 7) is 18.9. The monoisotopic (exact) mass is 442 g/mol. The van der Waals surface area contributed by atoms with Gasteiger partial charge in [0.25, 0.3) is 0 Å². The van der Waals surface area contributed by atoms with Crippen molar-refractivity contribution in [2.24, 2.45) is 39.4 Å². The Kier molecular flexibility index (Phi) is 6.11. The molecule has 8 atom stereocenters. The minimum absolute atomic E-state index is 0.0349. The molecule has 182 valence electrons. The van der Waals surface area contributed by atoms with Crippen molar-refractivity contribution in [1.82, 2.24) is 0 Å². The maximum absolute atomic E-state index is 11.8. The van der Waals surface area contributed by atoms with Crippen LogP contribution in [0.5, 0.6) is 0 Å². The predicted octanol–water partition coefficient (Wildman–Crippen LogP) is 7.45. The summed E-state index contributed by atoms with van der Waals surface area (Å²) in [4.78, 5) is 0. The maximum Gasteiger partial charge on any atom is 0.0764 e. The Labute approximate surface area is 198 Å². The van der Waals surface area contributed by atoms with E-state index < -0.39 is 0 Å². The molecule has 32 heavy (non-hydrogen) atoms. The molecule has 2 saturated carbocycles. The van der Waals surface area contributed by atoms with Crippen LogP contribution >= 0.6 is 0 Å². The first-order valence-corrected chi connectivity index (χ1v) is 13.5. The van der Waals surface area contributed by atoms with Crippen LogP contribution in [0.3, 0.4) is 0 Å². The van der Waals surface area contributed by atoms with E-state index in [1.54, 1.807) is 5.57 Å². The summed E-state index contributed by atoms with van der Waals surface area (Å²) in [6, 6.07) is 0. The molecule has 4 aliphatic carbocycles. The van der Waals surface area contributed by atoms with Crippen molar-refractivity contribution in [2.75, 3.05) is 0 Å². The lowest BCUT2D eigenvalue weighted by atomic mass is 9.42. The third kappa shape index (κ3) is 3.33. The van der Waals surface area contributed by atoms with Crippen LogP contribution in [0, 0.1) is 39.4 Å². The normalized spacial score (nSPS) is 46.2. The van der Waals surface area contributed by atoms with E-state index in [0.29, 0.717) is 17.8 Å². The van der Waals surface area contributed by atoms with Gasteiger partial charge in [0.05, 0.1) is 12.2 Å². The largest absolute Gasteiger partial charge is 0.393 e. The van der Waals surface area contributed by atoms with Crippen molar-refractivity contribution in [3.05, 3.63) is 22.8 Å². The van der Waals surface area contributed by atoms with Crippen LogP contribution in [-0.2, 0) is 0 Å². The third-order valence-electron chi connectivity index (χ3n) is 11.6. The van der Waals surface area contributed by atoms with Gasteiger partial charge in [-0.25, -0.2) is 0 Å². The second kappa shape index (κ2) is 7.98. The molecule has 2 heteroatoms. The highest BCUT2D eigenvalue weighted by atomic mass is 16.3. The van der Waals surface area contributed by atoms with Crippen LogP contribution in [0.1, 0.15) is 113 Å². The van der Waals surface area contributed by atoms with E-state index in [4.69, 9.17) is 0 Å². The molecule has 0 heterocycles. The zero-order chi connectivity index (χ0) is 23.7. The molecule has 0 aromatic carbocycles. The highest BCUT2D eigenvalue weighted by molar-refractivity contribution is 5.41. The molecule has 4 rings (SSSR count). The van der Waals surface area contributed by atoms with Crippen LogP contribution in [0.15, 0.2) is 22.8 Å². The summed E-state index contributed by atoms with van der Waals surface area (Å²) >= 11 is 0. The van der Waals surface area contributed by atoms with Crippen molar-refractivity contribution in [3.8, 4) is 0 Å². The van der Waals surface area contributed by atoms with Crippen molar-refractivity contribution in [1.29, 1.82) is 0 Å². The van der Waals surface area contributed by atoms with Gasteiger partial charge in [0.2, 0.25) is 0 Å². The van der Waals surface area contributed by atoms with E-state index >= 15 is 0 Å². The van der Waals surface area contributed by atoms with Gasteiger partial charge in [-0.05, 0) is 117 Å². The summed E-state index contributed by atoms with van der Waals surface area (Å²) in [5.74, 6) is 1.85. The second-order valence-electron chi connectivity index (χ2n) is 13.7. The van der Waals surface area contributed by atoms with Crippen LogP contribution in [0.4, 0.5) is 0 Å². The van der Waals surface area contributed by atoms with Gasteiger partial charge in [-0.15, -0.1) is 0 Å². The Hall–Kier alpha value is -0.600. The number of hydrogen-bond donors (Lipinski definition) is 2. The minimum atomic E-state index is -0.313. The quantitative estimate of drug-likeness (QED) is 0.444. The van der Waals surface area contributed by atoms with Crippen LogP contribution in [-0.4, -0.2) is 22.4 Å². The van der Waals surface area contributed by atoms with Gasteiger partial charge in [0.1, 0.15) is 0 Å². The summed E-state index contributed by atoms with van der Waals surface area (Å²) in [5, 5.41) is 22.6. The van der Waals surface area contributed by atoms with E-state index in [0.717, 1.165) is 25.7 Å². The predicted molar refractivity (Wildman–Crippen MR) is 134 cm³/mol. The molecule has 0 radical (unpaired) electrons. The molecule has 2 nitrogen and oxygen atoms in total. The Morgan fingerprint density at radius 2 is 1.72 bits per heavy atom. The fourth-order valence-corrected chi connectivity index (χ4v) is 9.55. The highest BCUT2D eigenvalue weighted by Crippen LogP contribution is 2.72. The molecule has 0 spiro atoms. The maximum atomic E-state index is 11.8. The average molecular weight is 443 g/mol. The second-order valence-corrected chi connectivity index (χ2v) is 13.7. The third-order valence-corrected chi connectivity index (χ3v) is 11.6. The van der Waals surface area contributed by atoms with Crippen molar-refractivity contribution in [2.45, 2.75) is 125 Å². The Bertz CT molecular complexity index is 802. The van der Waals surface area contributed by atoms with E-state index in [1.165, 1.54) is 43.3 Å². The smallest absolute Gasteiger partial charge is 0.0764 e. The van der Waals surface area contributed by atoms with Crippen molar-refractivity contribution >= 4 is 0 Å². The fraction of sp³-hybridized carbons (Fsp3) is 0.867. The number of rotatable bonds is 4. The summed E-state index contributed by atoms with van der Waals surface area (Å²) in [6.07, 6.45) is 12.0. The number of hydrogen-bond acceptors (Lipinski definition) is 2. The van der Waals surface area contributed by atoms with Crippen LogP contribution < -0.4 is 0 Å². The van der Waals surface area contributed by atoms with Crippen LogP contribution in [0.25, 0.3) is 0 Å². The number of allylic oxidation sites excluding steroid dienone is 3. The molecule has 0 bridgehead atoms. The molecule has 0 aromatic rings. The van der Waals surface area contributed by atoms with Gasteiger partial charge in [-0.1, -0.05) is 58.8 Å². The summed E-state index contributed by atoms with van der Waals surface area (Å²) in [7, 11) is 0. The van der Waals surface area contributed by atoms with Gasteiger partial charge in [-0.3, -0.25) is 0 Å². The van der Waals surface area contributed by atoms with Gasteiger partial charge < -0.3 is 10.2 Å². The van der Waals surface area contributed by atoms with E-state index in [2.05, 4.69) is 61.5 Å². The molecule has 2 fully saturated rings. The topological polar surface area (TPSA) is 40.5 Å². The lowest BCUT2D eigenvalue weighted by Crippen LogP contribution is -2.57. The zero-order valence-electron chi connectivity index (χ0n) is 22.2. The Balaban J connectivity index is 1.70. The van der Waals surface area contributed by atoms with E-state index in [1.807, 2.05) is 0 Å². The van der Waals surface area contributed by atoms with Gasteiger partial charge in [0, 0.05) is 0 Å². The lowest BCUT2D eigenvalue weighted by Gasteiger charge is -2.63. The van der Waals surface area contributed by atoms with E-state index in [-0.39, 0.29) is 33.9 Å². The lowest BCUT2D eigenvalue weighted by molar-refractivity contribution is -0.107. The molecule has 0 amide bonds.